The van der Waals surface area contributed by atoms with Crippen molar-refractivity contribution in [2.75, 3.05) is 33.3 Å². The molecule has 2 fully saturated rings. The van der Waals surface area contributed by atoms with Crippen molar-refractivity contribution in [3.05, 3.63) is 0 Å². The van der Waals surface area contributed by atoms with E-state index in [2.05, 4.69) is 11.8 Å². The SMILES string of the molecule is COC1CN(CC2(CN)CC2)CCC1C. The van der Waals surface area contributed by atoms with Gasteiger partial charge < -0.3 is 15.4 Å². The normalized spacial score (nSPS) is 35.4. The fraction of sp³-hybridized carbons (Fsp3) is 1.00. The maximum Gasteiger partial charge on any atom is 0.0724 e. The molecule has 0 aromatic rings. The molecular formula is C12H24N2O. The van der Waals surface area contributed by atoms with Crippen LogP contribution in [0.1, 0.15) is 26.2 Å². The maximum atomic E-state index is 5.82. The maximum absolute atomic E-state index is 5.82. The molecule has 0 bridgehead atoms. The minimum atomic E-state index is 0.423. The van der Waals surface area contributed by atoms with Crippen LogP contribution in [-0.4, -0.2) is 44.3 Å². The second kappa shape index (κ2) is 4.40. The van der Waals surface area contributed by atoms with Crippen LogP contribution in [0.2, 0.25) is 0 Å². The number of likely N-dealkylation sites (tertiary alicyclic amines) is 1. The molecule has 2 aliphatic rings. The third kappa shape index (κ3) is 2.52. The lowest BCUT2D eigenvalue weighted by molar-refractivity contribution is -0.0103. The summed E-state index contributed by atoms with van der Waals surface area (Å²) in [4.78, 5) is 2.55. The highest BCUT2D eigenvalue weighted by Crippen LogP contribution is 2.45. The summed E-state index contributed by atoms with van der Waals surface area (Å²) in [5, 5.41) is 0. The lowest BCUT2D eigenvalue weighted by atomic mass is 9.94. The Kier molecular flexibility index (Phi) is 3.33. The van der Waals surface area contributed by atoms with E-state index >= 15 is 0 Å². The van der Waals surface area contributed by atoms with Crippen LogP contribution in [0.15, 0.2) is 0 Å². The molecule has 0 aromatic carbocycles. The first-order chi connectivity index (χ1) is 7.19. The van der Waals surface area contributed by atoms with Crippen LogP contribution in [0.3, 0.4) is 0 Å². The Morgan fingerprint density at radius 3 is 2.73 bits per heavy atom. The minimum Gasteiger partial charge on any atom is -0.380 e. The Morgan fingerprint density at radius 1 is 1.47 bits per heavy atom. The van der Waals surface area contributed by atoms with Crippen molar-refractivity contribution in [1.82, 2.24) is 4.90 Å². The van der Waals surface area contributed by atoms with Crippen molar-refractivity contribution in [1.29, 1.82) is 0 Å². The summed E-state index contributed by atoms with van der Waals surface area (Å²) in [5.74, 6) is 0.708. The molecule has 1 heterocycles. The highest BCUT2D eigenvalue weighted by atomic mass is 16.5. The third-order valence-corrected chi connectivity index (χ3v) is 4.23. The summed E-state index contributed by atoms with van der Waals surface area (Å²) in [7, 11) is 1.83. The molecule has 3 heteroatoms. The van der Waals surface area contributed by atoms with Gasteiger partial charge in [0.15, 0.2) is 0 Å². The van der Waals surface area contributed by atoms with E-state index in [0.29, 0.717) is 17.4 Å². The number of hydrogen-bond acceptors (Lipinski definition) is 3. The second-order valence-corrected chi connectivity index (χ2v) is 5.48. The first-order valence-corrected chi connectivity index (χ1v) is 6.14. The zero-order valence-corrected chi connectivity index (χ0v) is 10.0. The van der Waals surface area contributed by atoms with Gasteiger partial charge in [0.05, 0.1) is 6.10 Å². The van der Waals surface area contributed by atoms with E-state index in [-0.39, 0.29) is 0 Å². The molecule has 3 nitrogen and oxygen atoms in total. The summed E-state index contributed by atoms with van der Waals surface area (Å²) in [6.07, 6.45) is 4.34. The molecule has 0 amide bonds. The van der Waals surface area contributed by atoms with E-state index in [0.717, 1.165) is 13.1 Å². The van der Waals surface area contributed by atoms with E-state index in [1.165, 1.54) is 32.4 Å². The molecule has 2 N–H and O–H groups in total. The van der Waals surface area contributed by atoms with Crippen LogP contribution in [0.5, 0.6) is 0 Å². The second-order valence-electron chi connectivity index (χ2n) is 5.48. The van der Waals surface area contributed by atoms with E-state index < -0.39 is 0 Å². The Morgan fingerprint density at radius 2 is 2.20 bits per heavy atom. The van der Waals surface area contributed by atoms with Crippen molar-refractivity contribution in [2.45, 2.75) is 32.3 Å². The zero-order chi connectivity index (χ0) is 10.9. The van der Waals surface area contributed by atoms with Crippen molar-refractivity contribution >= 4 is 0 Å². The van der Waals surface area contributed by atoms with Gasteiger partial charge in [0.2, 0.25) is 0 Å². The number of ether oxygens (including phenoxy) is 1. The van der Waals surface area contributed by atoms with Crippen LogP contribution < -0.4 is 5.73 Å². The quantitative estimate of drug-likeness (QED) is 0.758. The van der Waals surface area contributed by atoms with Crippen molar-refractivity contribution in [3.8, 4) is 0 Å². The van der Waals surface area contributed by atoms with Gasteiger partial charge in [-0.25, -0.2) is 0 Å². The van der Waals surface area contributed by atoms with Gasteiger partial charge >= 0.3 is 0 Å². The van der Waals surface area contributed by atoms with Crippen LogP contribution >= 0.6 is 0 Å². The molecular weight excluding hydrogens is 188 g/mol. The molecule has 0 spiro atoms. The molecule has 15 heavy (non-hydrogen) atoms. The Labute approximate surface area is 93.0 Å². The molecule has 2 rings (SSSR count). The molecule has 2 atom stereocenters. The molecule has 1 saturated heterocycles. The monoisotopic (exact) mass is 212 g/mol. The average molecular weight is 212 g/mol. The largest absolute Gasteiger partial charge is 0.380 e. The summed E-state index contributed by atoms with van der Waals surface area (Å²) in [6.45, 7) is 6.66. The molecule has 1 aliphatic heterocycles. The van der Waals surface area contributed by atoms with Crippen LogP contribution in [0, 0.1) is 11.3 Å². The predicted octanol–water partition coefficient (Wildman–Crippen LogP) is 1.08. The van der Waals surface area contributed by atoms with Gasteiger partial charge in [0.1, 0.15) is 0 Å². The highest BCUT2D eigenvalue weighted by molar-refractivity contribution is 4.97. The van der Waals surface area contributed by atoms with Crippen LogP contribution in [-0.2, 0) is 4.74 Å². The molecule has 2 unspecified atom stereocenters. The first kappa shape index (κ1) is 11.4. The standard InChI is InChI=1S/C12H24N2O/c1-10-3-6-14(7-11(10)15-2)9-12(8-13)4-5-12/h10-11H,3-9,13H2,1-2H3. The van der Waals surface area contributed by atoms with Gasteiger partial charge in [0.25, 0.3) is 0 Å². The highest BCUT2D eigenvalue weighted by Gasteiger charge is 2.43. The molecule has 0 aromatic heterocycles. The average Bonchev–Trinajstić information content (AvgIpc) is 3.02. The molecule has 0 radical (unpaired) electrons. The van der Waals surface area contributed by atoms with Gasteiger partial charge in [-0.05, 0) is 43.7 Å². The Hall–Kier alpha value is -0.120. The third-order valence-electron chi connectivity index (χ3n) is 4.23. The topological polar surface area (TPSA) is 38.5 Å². The van der Waals surface area contributed by atoms with Gasteiger partial charge in [-0.3, -0.25) is 0 Å². The summed E-state index contributed by atoms with van der Waals surface area (Å²) < 4.78 is 5.53. The van der Waals surface area contributed by atoms with Gasteiger partial charge in [-0.2, -0.15) is 0 Å². The summed E-state index contributed by atoms with van der Waals surface area (Å²) in [6, 6.07) is 0. The van der Waals surface area contributed by atoms with Crippen molar-refractivity contribution < 1.29 is 4.74 Å². The predicted molar refractivity (Wildman–Crippen MR) is 61.7 cm³/mol. The van der Waals surface area contributed by atoms with E-state index in [1.54, 1.807) is 0 Å². The first-order valence-electron chi connectivity index (χ1n) is 6.14. The van der Waals surface area contributed by atoms with Gasteiger partial charge in [-0.1, -0.05) is 6.92 Å². The number of nitrogens with zero attached hydrogens (tertiary/aromatic N) is 1. The number of rotatable bonds is 4. The lowest BCUT2D eigenvalue weighted by Crippen LogP contribution is -2.46. The van der Waals surface area contributed by atoms with Crippen LogP contribution in [0.4, 0.5) is 0 Å². The van der Waals surface area contributed by atoms with Crippen molar-refractivity contribution in [3.63, 3.8) is 0 Å². The van der Waals surface area contributed by atoms with Gasteiger partial charge in [-0.15, -0.1) is 0 Å². The number of piperidine rings is 1. The molecule has 1 saturated carbocycles. The fourth-order valence-electron chi connectivity index (χ4n) is 2.63. The smallest absolute Gasteiger partial charge is 0.0724 e. The summed E-state index contributed by atoms with van der Waals surface area (Å²) >= 11 is 0. The van der Waals surface area contributed by atoms with E-state index in [9.17, 15) is 0 Å². The Bertz CT molecular complexity index is 216. The molecule has 88 valence electrons. The van der Waals surface area contributed by atoms with Crippen molar-refractivity contribution in [2.24, 2.45) is 17.1 Å². The summed E-state index contributed by atoms with van der Waals surface area (Å²) in [5.41, 5.74) is 6.29. The Balaban J connectivity index is 1.84. The van der Waals surface area contributed by atoms with Crippen LogP contribution in [0.25, 0.3) is 0 Å². The fourth-order valence-corrected chi connectivity index (χ4v) is 2.63. The van der Waals surface area contributed by atoms with E-state index in [4.69, 9.17) is 10.5 Å². The lowest BCUT2D eigenvalue weighted by Gasteiger charge is -2.37. The van der Waals surface area contributed by atoms with Gasteiger partial charge in [0, 0.05) is 20.2 Å². The number of methoxy groups -OCH3 is 1. The number of hydrogen-bond donors (Lipinski definition) is 1. The minimum absolute atomic E-state index is 0.423. The number of nitrogens with two attached hydrogens (primary N) is 1. The van der Waals surface area contributed by atoms with E-state index in [1.807, 2.05) is 7.11 Å². The zero-order valence-electron chi connectivity index (χ0n) is 10.0. The molecule has 1 aliphatic carbocycles.